The van der Waals surface area contributed by atoms with Crippen LogP contribution >= 0.6 is 0 Å². The SMILES string of the molecule is C=CC(C)=CC=C(C)C12CCC(c3ccc(C)cc3)(CC1)CC2. The van der Waals surface area contributed by atoms with Crippen molar-refractivity contribution in [3.8, 4) is 0 Å². The molecule has 122 valence electrons. The van der Waals surface area contributed by atoms with E-state index in [-0.39, 0.29) is 0 Å². The fraction of sp³-hybridized carbons (Fsp3) is 0.478. The van der Waals surface area contributed by atoms with Crippen LogP contribution in [0, 0.1) is 12.3 Å². The van der Waals surface area contributed by atoms with E-state index in [1.165, 1.54) is 49.7 Å². The summed E-state index contributed by atoms with van der Waals surface area (Å²) in [6, 6.07) is 9.34. The molecule has 0 aromatic heterocycles. The van der Waals surface area contributed by atoms with Crippen molar-refractivity contribution in [1.82, 2.24) is 0 Å². The highest BCUT2D eigenvalue weighted by atomic mass is 14.5. The molecular formula is C23H30. The predicted octanol–water partition coefficient (Wildman–Crippen LogP) is 6.67. The lowest BCUT2D eigenvalue weighted by molar-refractivity contribution is 0.0697. The van der Waals surface area contributed by atoms with Crippen LogP contribution in [-0.2, 0) is 5.41 Å². The fourth-order valence-corrected chi connectivity index (χ4v) is 4.62. The van der Waals surface area contributed by atoms with Crippen molar-refractivity contribution >= 4 is 0 Å². The second-order valence-corrected chi connectivity index (χ2v) is 7.89. The molecule has 0 spiro atoms. The molecule has 3 fully saturated rings. The Hall–Kier alpha value is -1.56. The summed E-state index contributed by atoms with van der Waals surface area (Å²) in [7, 11) is 0. The van der Waals surface area contributed by atoms with Gasteiger partial charge in [-0.1, -0.05) is 65.8 Å². The third-order valence-corrected chi connectivity index (χ3v) is 6.66. The molecule has 0 heterocycles. The molecule has 0 N–H and O–H groups in total. The van der Waals surface area contributed by atoms with E-state index in [0.29, 0.717) is 10.8 Å². The van der Waals surface area contributed by atoms with Gasteiger partial charge in [-0.3, -0.25) is 0 Å². The van der Waals surface area contributed by atoms with Crippen molar-refractivity contribution in [3.63, 3.8) is 0 Å². The van der Waals surface area contributed by atoms with Crippen LogP contribution in [0.25, 0.3) is 0 Å². The molecule has 0 unspecified atom stereocenters. The third-order valence-electron chi connectivity index (χ3n) is 6.66. The van der Waals surface area contributed by atoms with Gasteiger partial charge in [0, 0.05) is 0 Å². The fourth-order valence-electron chi connectivity index (χ4n) is 4.62. The van der Waals surface area contributed by atoms with E-state index in [2.05, 4.69) is 63.8 Å². The minimum Gasteiger partial charge on any atom is -0.0988 e. The minimum atomic E-state index is 0.461. The van der Waals surface area contributed by atoms with Crippen LogP contribution in [0.15, 0.2) is 60.2 Å². The van der Waals surface area contributed by atoms with E-state index in [1.807, 2.05) is 6.08 Å². The van der Waals surface area contributed by atoms with Crippen LogP contribution in [0.3, 0.4) is 0 Å². The van der Waals surface area contributed by atoms with Crippen LogP contribution in [0.1, 0.15) is 63.5 Å². The molecule has 0 heteroatoms. The quantitative estimate of drug-likeness (QED) is 0.545. The molecule has 1 aromatic rings. The van der Waals surface area contributed by atoms with Gasteiger partial charge < -0.3 is 0 Å². The Kier molecular flexibility index (Phi) is 4.36. The van der Waals surface area contributed by atoms with E-state index >= 15 is 0 Å². The summed E-state index contributed by atoms with van der Waals surface area (Å²) >= 11 is 0. The van der Waals surface area contributed by atoms with Crippen molar-refractivity contribution in [1.29, 1.82) is 0 Å². The van der Waals surface area contributed by atoms with Gasteiger partial charge in [0.15, 0.2) is 0 Å². The maximum absolute atomic E-state index is 3.85. The first kappa shape index (κ1) is 16.3. The lowest BCUT2D eigenvalue weighted by Gasteiger charge is -2.54. The number of rotatable bonds is 4. The average molecular weight is 306 g/mol. The number of benzene rings is 1. The standard InChI is InChI=1S/C23H30/c1-5-18(2)6-9-20(4)22-12-15-23(16-13-22,17-14-22)21-10-7-19(3)8-11-21/h5-11H,1,12-17H2,2-4H3. The van der Waals surface area contributed by atoms with Gasteiger partial charge in [0.05, 0.1) is 0 Å². The first-order valence-corrected chi connectivity index (χ1v) is 9.05. The van der Waals surface area contributed by atoms with Crippen LogP contribution < -0.4 is 0 Å². The molecule has 0 radical (unpaired) electrons. The lowest BCUT2D eigenvalue weighted by Crippen LogP contribution is -2.44. The van der Waals surface area contributed by atoms with Gasteiger partial charge >= 0.3 is 0 Å². The highest BCUT2D eigenvalue weighted by molar-refractivity contribution is 5.34. The number of allylic oxidation sites excluding steroid dienone is 5. The Morgan fingerprint density at radius 2 is 1.48 bits per heavy atom. The van der Waals surface area contributed by atoms with Crippen molar-refractivity contribution < 1.29 is 0 Å². The third kappa shape index (κ3) is 2.96. The van der Waals surface area contributed by atoms with Gasteiger partial charge in [-0.15, -0.1) is 0 Å². The zero-order valence-electron chi connectivity index (χ0n) is 15.0. The second kappa shape index (κ2) is 6.15. The highest BCUT2D eigenvalue weighted by Crippen LogP contribution is 2.60. The molecule has 0 aliphatic heterocycles. The Morgan fingerprint density at radius 3 is 2.00 bits per heavy atom. The van der Waals surface area contributed by atoms with Crippen molar-refractivity contribution in [2.75, 3.05) is 0 Å². The maximum atomic E-state index is 3.85. The Balaban J connectivity index is 1.79. The molecule has 0 nitrogen and oxygen atoms in total. The van der Waals surface area contributed by atoms with E-state index < -0.39 is 0 Å². The van der Waals surface area contributed by atoms with Gasteiger partial charge in [0.1, 0.15) is 0 Å². The molecule has 1 aromatic carbocycles. The molecule has 3 aliphatic carbocycles. The molecule has 0 saturated heterocycles. The van der Waals surface area contributed by atoms with E-state index in [0.717, 1.165) is 0 Å². The van der Waals surface area contributed by atoms with Gasteiger partial charge in [-0.2, -0.15) is 0 Å². The molecule has 0 atom stereocenters. The Bertz CT molecular complexity index is 615. The number of aryl methyl sites for hydroxylation is 1. The summed E-state index contributed by atoms with van der Waals surface area (Å²) in [5.41, 5.74) is 6.71. The van der Waals surface area contributed by atoms with Crippen molar-refractivity contribution in [2.24, 2.45) is 5.41 Å². The number of hydrogen-bond acceptors (Lipinski definition) is 0. The highest BCUT2D eigenvalue weighted by Gasteiger charge is 2.49. The molecule has 3 saturated carbocycles. The summed E-state index contributed by atoms with van der Waals surface area (Å²) in [6.45, 7) is 10.5. The summed E-state index contributed by atoms with van der Waals surface area (Å²) in [4.78, 5) is 0. The first-order valence-electron chi connectivity index (χ1n) is 9.05. The summed E-state index contributed by atoms with van der Waals surface area (Å²) in [5, 5.41) is 0. The van der Waals surface area contributed by atoms with E-state index in [4.69, 9.17) is 0 Å². The first-order chi connectivity index (χ1) is 11.0. The largest absolute Gasteiger partial charge is 0.0988 e. The second-order valence-electron chi connectivity index (χ2n) is 7.89. The van der Waals surface area contributed by atoms with E-state index in [1.54, 1.807) is 11.1 Å². The normalized spacial score (nSPS) is 31.3. The molecule has 2 bridgehead atoms. The molecule has 4 rings (SSSR count). The Labute approximate surface area is 142 Å². The van der Waals surface area contributed by atoms with Crippen LogP contribution in [0.4, 0.5) is 0 Å². The lowest BCUT2D eigenvalue weighted by atomic mass is 9.50. The summed E-state index contributed by atoms with van der Waals surface area (Å²) in [6.07, 6.45) is 14.6. The predicted molar refractivity (Wildman–Crippen MR) is 101 cm³/mol. The van der Waals surface area contributed by atoms with Crippen LogP contribution in [-0.4, -0.2) is 0 Å². The number of fused-ring (bicyclic) bond motifs is 3. The zero-order valence-corrected chi connectivity index (χ0v) is 15.0. The monoisotopic (exact) mass is 306 g/mol. The smallest absolute Gasteiger partial charge is 0.00460 e. The van der Waals surface area contributed by atoms with Gasteiger partial charge in [0.2, 0.25) is 0 Å². The Morgan fingerprint density at radius 1 is 0.913 bits per heavy atom. The maximum Gasteiger partial charge on any atom is -0.00460 e. The van der Waals surface area contributed by atoms with Crippen LogP contribution in [0.5, 0.6) is 0 Å². The molecule has 23 heavy (non-hydrogen) atoms. The van der Waals surface area contributed by atoms with Gasteiger partial charge in [0.25, 0.3) is 0 Å². The molecular weight excluding hydrogens is 276 g/mol. The molecule has 0 amide bonds. The summed E-state index contributed by atoms with van der Waals surface area (Å²) < 4.78 is 0. The topological polar surface area (TPSA) is 0 Å². The van der Waals surface area contributed by atoms with Crippen molar-refractivity contribution in [3.05, 3.63) is 71.3 Å². The minimum absolute atomic E-state index is 0.461. The average Bonchev–Trinajstić information content (AvgIpc) is 2.61. The van der Waals surface area contributed by atoms with Gasteiger partial charge in [-0.25, -0.2) is 0 Å². The molecule has 3 aliphatic rings. The van der Waals surface area contributed by atoms with Gasteiger partial charge in [-0.05, 0) is 75.7 Å². The zero-order chi connectivity index (χ0) is 16.5. The summed E-state index contributed by atoms with van der Waals surface area (Å²) in [5.74, 6) is 0. The van der Waals surface area contributed by atoms with E-state index in [9.17, 15) is 0 Å². The van der Waals surface area contributed by atoms with Crippen molar-refractivity contribution in [2.45, 2.75) is 64.7 Å². The van der Waals surface area contributed by atoms with Crippen LogP contribution in [0.2, 0.25) is 0 Å². The number of hydrogen-bond donors (Lipinski definition) is 0.